The van der Waals surface area contributed by atoms with Crippen molar-refractivity contribution in [2.45, 2.75) is 6.42 Å². The number of aliphatic carboxylic acids is 1. The fourth-order valence-corrected chi connectivity index (χ4v) is 0.507. The number of carboxylic acids is 1. The predicted molar refractivity (Wildman–Crippen MR) is 39.5 cm³/mol. The standard InChI is InChI=1S/C5H7IO4/c6-3-5(9)10-2-1-4(7)8/h1-3H2,(H,7,8)/p-1. The van der Waals surface area contributed by atoms with Gasteiger partial charge in [-0.1, -0.05) is 22.6 Å². The molecule has 0 N–H and O–H groups in total. The minimum atomic E-state index is -1.21. The van der Waals surface area contributed by atoms with Crippen LogP contribution in [0.15, 0.2) is 0 Å². The Labute approximate surface area is 71.7 Å². The van der Waals surface area contributed by atoms with Gasteiger partial charge in [-0.3, -0.25) is 4.79 Å². The molecule has 0 bridgehead atoms. The Kier molecular flexibility index (Phi) is 5.27. The Bertz CT molecular complexity index is 134. The summed E-state index contributed by atoms with van der Waals surface area (Å²) in [5.41, 5.74) is 0. The maximum absolute atomic E-state index is 10.4. The molecular weight excluding hydrogens is 251 g/mol. The number of esters is 1. The number of ether oxygens (including phenoxy) is 1. The molecule has 0 spiro atoms. The Balaban J connectivity index is 3.20. The number of carbonyl (C=O) groups is 2. The summed E-state index contributed by atoms with van der Waals surface area (Å²) in [6.45, 7) is -0.0931. The molecule has 0 unspecified atom stereocenters. The second-order valence-corrected chi connectivity index (χ2v) is 2.24. The first-order valence-corrected chi connectivity index (χ1v) is 4.11. The van der Waals surface area contributed by atoms with Gasteiger partial charge in [-0.05, 0) is 0 Å². The highest BCUT2D eigenvalue weighted by molar-refractivity contribution is 14.1. The zero-order valence-corrected chi connectivity index (χ0v) is 7.29. The van der Waals surface area contributed by atoms with Crippen LogP contribution < -0.4 is 5.11 Å². The van der Waals surface area contributed by atoms with E-state index in [0.717, 1.165) is 0 Å². The van der Waals surface area contributed by atoms with Crippen LogP contribution in [0.2, 0.25) is 0 Å². The van der Waals surface area contributed by atoms with E-state index >= 15 is 0 Å². The van der Waals surface area contributed by atoms with E-state index in [9.17, 15) is 14.7 Å². The van der Waals surface area contributed by atoms with Crippen LogP contribution in [0.25, 0.3) is 0 Å². The van der Waals surface area contributed by atoms with Gasteiger partial charge in [0.05, 0.1) is 11.0 Å². The van der Waals surface area contributed by atoms with Gasteiger partial charge in [-0.25, -0.2) is 0 Å². The fraction of sp³-hybridized carbons (Fsp3) is 0.600. The molecule has 0 radical (unpaired) electrons. The van der Waals surface area contributed by atoms with E-state index in [1.165, 1.54) is 0 Å². The van der Waals surface area contributed by atoms with E-state index in [1.54, 1.807) is 0 Å². The normalized spacial score (nSPS) is 8.90. The minimum absolute atomic E-state index is 0.0931. The van der Waals surface area contributed by atoms with E-state index in [1.807, 2.05) is 22.6 Å². The number of halogens is 1. The fourth-order valence-electron chi connectivity index (χ4n) is 0.287. The van der Waals surface area contributed by atoms with Crippen molar-refractivity contribution in [3.63, 3.8) is 0 Å². The molecule has 10 heavy (non-hydrogen) atoms. The van der Waals surface area contributed by atoms with Gasteiger partial charge < -0.3 is 14.6 Å². The van der Waals surface area contributed by atoms with Gasteiger partial charge >= 0.3 is 5.97 Å². The summed E-state index contributed by atoms with van der Waals surface area (Å²) in [7, 11) is 0. The first kappa shape index (κ1) is 9.67. The van der Waals surface area contributed by atoms with Gasteiger partial charge in [0, 0.05) is 12.4 Å². The molecule has 0 saturated carbocycles. The molecule has 0 aromatic carbocycles. The van der Waals surface area contributed by atoms with Crippen LogP contribution in [0.5, 0.6) is 0 Å². The molecule has 0 atom stereocenters. The van der Waals surface area contributed by atoms with Gasteiger partial charge in [-0.15, -0.1) is 0 Å². The zero-order valence-electron chi connectivity index (χ0n) is 5.13. The lowest BCUT2D eigenvalue weighted by Crippen LogP contribution is -2.24. The smallest absolute Gasteiger partial charge is 0.315 e. The molecule has 0 aliphatic heterocycles. The SMILES string of the molecule is O=C([O-])CCOC(=O)CI. The first-order valence-electron chi connectivity index (χ1n) is 2.58. The first-order chi connectivity index (χ1) is 4.66. The van der Waals surface area contributed by atoms with Crippen LogP contribution >= 0.6 is 22.6 Å². The molecular formula is C5H6IO4-. The highest BCUT2D eigenvalue weighted by Gasteiger charge is 1.97. The molecule has 0 saturated heterocycles. The monoisotopic (exact) mass is 257 g/mol. The quantitative estimate of drug-likeness (QED) is 0.372. The van der Waals surface area contributed by atoms with Crippen LogP contribution in [0.3, 0.4) is 0 Å². The third-order valence-electron chi connectivity index (χ3n) is 0.678. The summed E-state index contributed by atoms with van der Waals surface area (Å²) in [6, 6.07) is 0. The number of alkyl halides is 1. The van der Waals surface area contributed by atoms with E-state index in [2.05, 4.69) is 4.74 Å². The van der Waals surface area contributed by atoms with Crippen LogP contribution in [-0.4, -0.2) is 23.0 Å². The molecule has 0 aromatic rings. The number of carbonyl (C=O) groups excluding carboxylic acids is 2. The molecule has 0 rings (SSSR count). The van der Waals surface area contributed by atoms with Crippen molar-refractivity contribution in [2.24, 2.45) is 0 Å². The molecule has 0 aliphatic carbocycles. The highest BCUT2D eigenvalue weighted by Crippen LogP contribution is 1.87. The van der Waals surface area contributed by atoms with Crippen molar-refractivity contribution in [1.29, 1.82) is 0 Å². The number of hydrogen-bond donors (Lipinski definition) is 0. The van der Waals surface area contributed by atoms with Gasteiger partial charge in [0.2, 0.25) is 0 Å². The Morgan fingerprint density at radius 1 is 1.50 bits per heavy atom. The summed E-state index contributed by atoms with van der Waals surface area (Å²) in [4.78, 5) is 20.1. The summed E-state index contributed by atoms with van der Waals surface area (Å²) in [5, 5.41) is 9.76. The summed E-state index contributed by atoms with van der Waals surface area (Å²) >= 11 is 1.83. The van der Waals surface area contributed by atoms with Crippen molar-refractivity contribution < 1.29 is 19.4 Å². The van der Waals surface area contributed by atoms with E-state index in [-0.39, 0.29) is 17.5 Å². The van der Waals surface area contributed by atoms with Crippen LogP contribution in [0.1, 0.15) is 6.42 Å². The second-order valence-electron chi connectivity index (χ2n) is 1.48. The number of rotatable bonds is 4. The summed E-state index contributed by atoms with van der Waals surface area (Å²) < 4.78 is 4.68. The average molecular weight is 257 g/mol. The Hall–Kier alpha value is -0.330. The molecule has 0 aromatic heterocycles. The maximum atomic E-state index is 10.4. The minimum Gasteiger partial charge on any atom is -0.550 e. The third-order valence-corrected chi connectivity index (χ3v) is 1.30. The lowest BCUT2D eigenvalue weighted by atomic mass is 10.5. The van der Waals surface area contributed by atoms with Crippen LogP contribution in [0, 0.1) is 0 Å². The lowest BCUT2D eigenvalue weighted by molar-refractivity contribution is -0.306. The number of carboxylic acid groups (broad SMARTS) is 1. The van der Waals surface area contributed by atoms with Crippen molar-refractivity contribution in [3.8, 4) is 0 Å². The van der Waals surface area contributed by atoms with Crippen LogP contribution in [-0.2, 0) is 14.3 Å². The lowest BCUT2D eigenvalue weighted by Gasteiger charge is -2.01. The van der Waals surface area contributed by atoms with Gasteiger partial charge in [-0.2, -0.15) is 0 Å². The average Bonchev–Trinajstić information content (AvgIpc) is 1.87. The zero-order chi connectivity index (χ0) is 7.98. The summed E-state index contributed by atoms with van der Waals surface area (Å²) in [5.74, 6) is -1.61. The van der Waals surface area contributed by atoms with Gasteiger partial charge in [0.15, 0.2) is 0 Å². The Morgan fingerprint density at radius 2 is 2.10 bits per heavy atom. The molecule has 5 heteroatoms. The van der Waals surface area contributed by atoms with E-state index in [4.69, 9.17) is 0 Å². The molecule has 0 aliphatic rings. The van der Waals surface area contributed by atoms with Gasteiger partial charge in [0.1, 0.15) is 0 Å². The summed E-state index contributed by atoms with van der Waals surface area (Å²) in [6.07, 6.45) is -0.234. The molecule has 0 heterocycles. The molecule has 0 amide bonds. The maximum Gasteiger partial charge on any atom is 0.315 e. The molecule has 0 fully saturated rings. The predicted octanol–water partition coefficient (Wildman–Crippen LogP) is -0.895. The largest absolute Gasteiger partial charge is 0.550 e. The molecule has 4 nitrogen and oxygen atoms in total. The highest BCUT2D eigenvalue weighted by atomic mass is 127. The van der Waals surface area contributed by atoms with Crippen molar-refractivity contribution in [2.75, 3.05) is 11.0 Å². The van der Waals surface area contributed by atoms with Crippen molar-refractivity contribution in [3.05, 3.63) is 0 Å². The van der Waals surface area contributed by atoms with Gasteiger partial charge in [0.25, 0.3) is 0 Å². The third kappa shape index (κ3) is 5.80. The van der Waals surface area contributed by atoms with E-state index < -0.39 is 11.9 Å². The van der Waals surface area contributed by atoms with E-state index in [0.29, 0.717) is 0 Å². The number of hydrogen-bond acceptors (Lipinski definition) is 4. The van der Waals surface area contributed by atoms with Crippen molar-refractivity contribution in [1.82, 2.24) is 0 Å². The Morgan fingerprint density at radius 3 is 2.50 bits per heavy atom. The topological polar surface area (TPSA) is 66.4 Å². The molecule has 58 valence electrons. The van der Waals surface area contributed by atoms with Crippen molar-refractivity contribution >= 4 is 34.5 Å². The second kappa shape index (κ2) is 5.45. The van der Waals surface area contributed by atoms with Crippen LogP contribution in [0.4, 0.5) is 0 Å².